The quantitative estimate of drug-likeness (QED) is 0.444. The maximum Gasteiger partial charge on any atom is 0.176 e. The van der Waals surface area contributed by atoms with Gasteiger partial charge in [0.25, 0.3) is 0 Å². The van der Waals surface area contributed by atoms with Gasteiger partial charge in [0.1, 0.15) is 5.75 Å². The molecule has 1 saturated carbocycles. The molecule has 3 nitrogen and oxygen atoms in total. The van der Waals surface area contributed by atoms with E-state index in [-0.39, 0.29) is 5.78 Å². The minimum atomic E-state index is 0.0878. The summed E-state index contributed by atoms with van der Waals surface area (Å²) in [5, 5.41) is 2.99. The normalized spacial score (nSPS) is 14.4. The van der Waals surface area contributed by atoms with E-state index in [0.29, 0.717) is 24.8 Å². The first-order valence-corrected chi connectivity index (χ1v) is 5.91. The minimum Gasteiger partial charge on any atom is -0.490 e. The molecule has 2 rings (SSSR count). The smallest absolute Gasteiger partial charge is 0.176 e. The highest BCUT2D eigenvalue weighted by Gasteiger charge is 2.23. The van der Waals surface area contributed by atoms with E-state index in [4.69, 9.17) is 4.74 Å². The maximum atomic E-state index is 11.7. The van der Waals surface area contributed by atoms with E-state index in [2.05, 4.69) is 11.9 Å². The van der Waals surface area contributed by atoms with Gasteiger partial charge in [-0.05, 0) is 37.1 Å². The molecule has 0 radical (unpaired) electrons. The van der Waals surface area contributed by atoms with Gasteiger partial charge in [-0.25, -0.2) is 0 Å². The number of Topliss-reactive ketones (excluding diaryl/α,β-unsaturated/α-hetero) is 1. The van der Waals surface area contributed by atoms with Crippen molar-refractivity contribution >= 4 is 5.78 Å². The molecule has 0 aromatic heterocycles. The van der Waals surface area contributed by atoms with Crippen LogP contribution in [0.5, 0.6) is 5.75 Å². The Hall–Kier alpha value is -1.61. The fourth-order valence-electron chi connectivity index (χ4n) is 1.49. The molecule has 90 valence electrons. The van der Waals surface area contributed by atoms with Crippen LogP contribution in [-0.4, -0.2) is 25.0 Å². The van der Waals surface area contributed by atoms with Crippen LogP contribution in [0.1, 0.15) is 23.2 Å². The zero-order valence-electron chi connectivity index (χ0n) is 9.82. The Balaban J connectivity index is 1.87. The highest BCUT2D eigenvalue weighted by Crippen LogP contribution is 2.26. The van der Waals surface area contributed by atoms with Crippen molar-refractivity contribution in [2.75, 3.05) is 13.1 Å². The number of rotatable bonds is 7. The second-order valence-electron chi connectivity index (χ2n) is 4.18. The Morgan fingerprint density at radius 2 is 2.12 bits per heavy atom. The molecule has 1 aromatic rings. The molecule has 1 fully saturated rings. The molecule has 0 spiro atoms. The van der Waals surface area contributed by atoms with Crippen molar-refractivity contribution in [1.29, 1.82) is 0 Å². The van der Waals surface area contributed by atoms with Crippen LogP contribution < -0.4 is 10.1 Å². The monoisotopic (exact) mass is 231 g/mol. The molecule has 0 saturated heterocycles. The van der Waals surface area contributed by atoms with Crippen LogP contribution in [0, 0.1) is 0 Å². The average molecular weight is 231 g/mol. The lowest BCUT2D eigenvalue weighted by molar-refractivity contribution is 0.0992. The van der Waals surface area contributed by atoms with Gasteiger partial charge in [-0.1, -0.05) is 6.08 Å². The molecule has 0 aliphatic heterocycles. The van der Waals surface area contributed by atoms with Crippen molar-refractivity contribution in [3.63, 3.8) is 0 Å². The van der Waals surface area contributed by atoms with Gasteiger partial charge in [-0.3, -0.25) is 4.79 Å². The number of ketones is 1. The van der Waals surface area contributed by atoms with Gasteiger partial charge in [-0.15, -0.1) is 6.58 Å². The van der Waals surface area contributed by atoms with Crippen LogP contribution in [-0.2, 0) is 0 Å². The standard InChI is InChI=1S/C14H17NO2/c1-2-9-15-10-14(16)11-3-5-12(6-4-11)17-13-7-8-13/h2-6,13,15H,1,7-10H2. The van der Waals surface area contributed by atoms with E-state index in [1.54, 1.807) is 6.08 Å². The summed E-state index contributed by atoms with van der Waals surface area (Å²) in [4.78, 5) is 11.7. The summed E-state index contributed by atoms with van der Waals surface area (Å²) in [7, 11) is 0. The number of hydrogen-bond acceptors (Lipinski definition) is 3. The summed E-state index contributed by atoms with van der Waals surface area (Å²) < 4.78 is 5.62. The Labute approximate surface area is 101 Å². The third-order valence-corrected chi connectivity index (χ3v) is 2.58. The number of carbonyl (C=O) groups excluding carboxylic acids is 1. The highest BCUT2D eigenvalue weighted by molar-refractivity contribution is 5.97. The summed E-state index contributed by atoms with van der Waals surface area (Å²) in [6, 6.07) is 7.35. The molecular formula is C14H17NO2. The first-order chi connectivity index (χ1) is 8.29. The van der Waals surface area contributed by atoms with Crippen molar-refractivity contribution in [3.8, 4) is 5.75 Å². The Morgan fingerprint density at radius 3 is 2.71 bits per heavy atom. The van der Waals surface area contributed by atoms with Gasteiger partial charge in [0, 0.05) is 12.1 Å². The second-order valence-corrected chi connectivity index (χ2v) is 4.18. The third kappa shape index (κ3) is 3.71. The molecule has 17 heavy (non-hydrogen) atoms. The molecule has 0 amide bonds. The number of ether oxygens (including phenoxy) is 1. The van der Waals surface area contributed by atoms with Gasteiger partial charge < -0.3 is 10.1 Å². The fraction of sp³-hybridized carbons (Fsp3) is 0.357. The lowest BCUT2D eigenvalue weighted by Gasteiger charge is -2.05. The molecule has 0 atom stereocenters. The van der Waals surface area contributed by atoms with Crippen molar-refractivity contribution in [2.24, 2.45) is 0 Å². The summed E-state index contributed by atoms with van der Waals surface area (Å²) in [6.45, 7) is 4.57. The zero-order valence-corrected chi connectivity index (χ0v) is 9.82. The zero-order chi connectivity index (χ0) is 12.1. The van der Waals surface area contributed by atoms with Crippen molar-refractivity contribution < 1.29 is 9.53 Å². The first kappa shape index (κ1) is 11.9. The van der Waals surface area contributed by atoms with Crippen LogP contribution >= 0.6 is 0 Å². The lowest BCUT2D eigenvalue weighted by atomic mass is 10.1. The molecule has 1 N–H and O–H groups in total. The predicted molar refractivity (Wildman–Crippen MR) is 67.5 cm³/mol. The Kier molecular flexibility index (Phi) is 3.94. The first-order valence-electron chi connectivity index (χ1n) is 5.91. The number of benzene rings is 1. The Morgan fingerprint density at radius 1 is 1.41 bits per heavy atom. The maximum absolute atomic E-state index is 11.7. The average Bonchev–Trinajstić information content (AvgIpc) is 3.14. The molecule has 1 aliphatic carbocycles. The van der Waals surface area contributed by atoms with Crippen LogP contribution in [0.4, 0.5) is 0 Å². The van der Waals surface area contributed by atoms with Gasteiger partial charge >= 0.3 is 0 Å². The summed E-state index contributed by atoms with van der Waals surface area (Å²) >= 11 is 0. The molecule has 0 heterocycles. The number of hydrogen-bond donors (Lipinski definition) is 1. The molecule has 3 heteroatoms. The van der Waals surface area contributed by atoms with E-state index in [9.17, 15) is 4.79 Å². The van der Waals surface area contributed by atoms with E-state index in [0.717, 1.165) is 18.6 Å². The lowest BCUT2D eigenvalue weighted by Crippen LogP contribution is -2.22. The van der Waals surface area contributed by atoms with Gasteiger partial charge in [0.15, 0.2) is 5.78 Å². The Bertz CT molecular complexity index is 393. The van der Waals surface area contributed by atoms with Crippen molar-refractivity contribution in [1.82, 2.24) is 5.32 Å². The SMILES string of the molecule is C=CCNCC(=O)c1ccc(OC2CC2)cc1. The summed E-state index contributed by atoms with van der Waals surface area (Å²) in [5.74, 6) is 0.938. The van der Waals surface area contributed by atoms with Crippen molar-refractivity contribution in [2.45, 2.75) is 18.9 Å². The van der Waals surface area contributed by atoms with Gasteiger partial charge in [-0.2, -0.15) is 0 Å². The second kappa shape index (κ2) is 5.64. The highest BCUT2D eigenvalue weighted by atomic mass is 16.5. The molecule has 1 aromatic carbocycles. The largest absolute Gasteiger partial charge is 0.490 e. The molecule has 0 unspecified atom stereocenters. The van der Waals surface area contributed by atoms with Gasteiger partial charge in [0.2, 0.25) is 0 Å². The fourth-order valence-corrected chi connectivity index (χ4v) is 1.49. The topological polar surface area (TPSA) is 38.3 Å². The number of nitrogens with one attached hydrogen (secondary N) is 1. The summed E-state index contributed by atoms with van der Waals surface area (Å²) in [5.41, 5.74) is 0.713. The predicted octanol–water partition coefficient (Wildman–Crippen LogP) is 2.19. The van der Waals surface area contributed by atoms with Crippen molar-refractivity contribution in [3.05, 3.63) is 42.5 Å². The van der Waals surface area contributed by atoms with Gasteiger partial charge in [0.05, 0.1) is 12.6 Å². The minimum absolute atomic E-state index is 0.0878. The van der Waals surface area contributed by atoms with E-state index in [1.807, 2.05) is 24.3 Å². The van der Waals surface area contributed by atoms with E-state index in [1.165, 1.54) is 0 Å². The third-order valence-electron chi connectivity index (χ3n) is 2.58. The molecule has 0 bridgehead atoms. The summed E-state index contributed by atoms with van der Waals surface area (Å²) in [6.07, 6.45) is 4.42. The van der Waals surface area contributed by atoms with Crippen LogP contribution in [0.2, 0.25) is 0 Å². The van der Waals surface area contributed by atoms with Crippen LogP contribution in [0.15, 0.2) is 36.9 Å². The van der Waals surface area contributed by atoms with Crippen LogP contribution in [0.25, 0.3) is 0 Å². The van der Waals surface area contributed by atoms with E-state index >= 15 is 0 Å². The molecule has 1 aliphatic rings. The number of carbonyl (C=O) groups is 1. The van der Waals surface area contributed by atoms with Crippen LogP contribution in [0.3, 0.4) is 0 Å². The van der Waals surface area contributed by atoms with E-state index < -0.39 is 0 Å². The molecular weight excluding hydrogens is 214 g/mol.